The van der Waals surface area contributed by atoms with Crippen LogP contribution in [0.1, 0.15) is 5.69 Å². The Labute approximate surface area is 98.2 Å². The summed E-state index contributed by atoms with van der Waals surface area (Å²) < 4.78 is 73.5. The Morgan fingerprint density at radius 3 is 2.22 bits per heavy atom. The number of pyridine rings is 1. The fourth-order valence-corrected chi connectivity index (χ4v) is 1.30. The zero-order chi connectivity index (χ0) is 14.1. The normalized spacial score (nSPS) is 12.6. The van der Waals surface area contributed by atoms with Gasteiger partial charge in [-0.15, -0.1) is 0 Å². The van der Waals surface area contributed by atoms with E-state index in [2.05, 4.69) is 4.98 Å². The molecule has 3 nitrogen and oxygen atoms in total. The Morgan fingerprint density at radius 2 is 1.78 bits per heavy atom. The monoisotopic (exact) mass is 273 g/mol. The molecule has 1 aromatic heterocycles. The quantitative estimate of drug-likeness (QED) is 0.842. The first kappa shape index (κ1) is 14.4. The maximum absolute atomic E-state index is 12.4. The van der Waals surface area contributed by atoms with Crippen LogP contribution in [0.4, 0.5) is 37.7 Å². The molecule has 1 rings (SSSR count). The fraction of sp³-hybridized carbons (Fsp3) is 0.444. The van der Waals surface area contributed by atoms with Gasteiger partial charge in [0.1, 0.15) is 12.2 Å². The maximum atomic E-state index is 12.4. The second-order valence-corrected chi connectivity index (χ2v) is 3.60. The van der Waals surface area contributed by atoms with E-state index in [0.717, 1.165) is 7.05 Å². The van der Waals surface area contributed by atoms with E-state index < -0.39 is 24.6 Å². The Kier molecular flexibility index (Phi) is 3.63. The minimum atomic E-state index is -4.73. The van der Waals surface area contributed by atoms with Crippen molar-refractivity contribution in [3.8, 4) is 0 Å². The lowest BCUT2D eigenvalue weighted by Gasteiger charge is -2.23. The molecule has 18 heavy (non-hydrogen) atoms. The van der Waals surface area contributed by atoms with Crippen LogP contribution in [-0.4, -0.2) is 24.8 Å². The molecule has 0 saturated heterocycles. The van der Waals surface area contributed by atoms with Gasteiger partial charge in [-0.05, 0) is 6.07 Å². The molecule has 102 valence electrons. The predicted molar refractivity (Wildman–Crippen MR) is 53.0 cm³/mol. The summed E-state index contributed by atoms with van der Waals surface area (Å²) in [6, 6.07) is 0.487. The third-order valence-electron chi connectivity index (χ3n) is 2.03. The fourth-order valence-electron chi connectivity index (χ4n) is 1.30. The van der Waals surface area contributed by atoms with E-state index in [1.807, 2.05) is 0 Å². The molecule has 2 N–H and O–H groups in total. The average molecular weight is 273 g/mol. The van der Waals surface area contributed by atoms with Crippen molar-refractivity contribution in [1.29, 1.82) is 0 Å². The van der Waals surface area contributed by atoms with Crippen molar-refractivity contribution < 1.29 is 26.3 Å². The Morgan fingerprint density at radius 1 is 1.22 bits per heavy atom. The second-order valence-electron chi connectivity index (χ2n) is 3.60. The summed E-state index contributed by atoms with van der Waals surface area (Å²) in [6.07, 6.45) is -8.59. The highest BCUT2D eigenvalue weighted by molar-refractivity contribution is 5.66. The van der Waals surface area contributed by atoms with Gasteiger partial charge in [-0.25, -0.2) is 4.98 Å². The van der Waals surface area contributed by atoms with Crippen LogP contribution in [0.3, 0.4) is 0 Å². The number of hydrogen-bond acceptors (Lipinski definition) is 3. The van der Waals surface area contributed by atoms with Gasteiger partial charge >= 0.3 is 12.4 Å². The molecular formula is C9H9F6N3. The number of nitrogens with two attached hydrogens (primary N) is 1. The zero-order valence-electron chi connectivity index (χ0n) is 9.10. The smallest absolute Gasteiger partial charge is 0.396 e. The number of rotatable bonds is 2. The van der Waals surface area contributed by atoms with Crippen molar-refractivity contribution in [2.24, 2.45) is 0 Å². The van der Waals surface area contributed by atoms with Crippen LogP contribution in [0.2, 0.25) is 0 Å². The molecular weight excluding hydrogens is 264 g/mol. The van der Waals surface area contributed by atoms with E-state index in [9.17, 15) is 26.3 Å². The van der Waals surface area contributed by atoms with Gasteiger partial charge in [-0.1, -0.05) is 0 Å². The molecule has 0 atom stereocenters. The summed E-state index contributed by atoms with van der Waals surface area (Å²) in [5.41, 5.74) is 3.40. The third-order valence-corrected chi connectivity index (χ3v) is 2.03. The van der Waals surface area contributed by atoms with E-state index in [4.69, 9.17) is 5.73 Å². The van der Waals surface area contributed by atoms with Crippen LogP contribution >= 0.6 is 0 Å². The van der Waals surface area contributed by atoms with E-state index >= 15 is 0 Å². The number of anilines is 2. The standard InChI is InChI=1S/C9H9F6N3/c1-18(4-8(10,11)12)6-2-7(9(13,14)15)17-3-5(6)16/h2-3H,4,16H2,1H3. The Bertz CT molecular complexity index is 425. The first-order valence-corrected chi connectivity index (χ1v) is 4.61. The van der Waals surface area contributed by atoms with Crippen molar-refractivity contribution in [1.82, 2.24) is 4.98 Å². The molecule has 0 amide bonds. The molecule has 0 aliphatic rings. The summed E-state index contributed by atoms with van der Waals surface area (Å²) in [5.74, 6) is 0. The van der Waals surface area contributed by atoms with Gasteiger partial charge in [0.2, 0.25) is 0 Å². The molecule has 1 aromatic rings. The summed E-state index contributed by atoms with van der Waals surface area (Å²) in [5, 5.41) is 0. The molecule has 0 fully saturated rings. The predicted octanol–water partition coefficient (Wildman–Crippen LogP) is 2.68. The van der Waals surface area contributed by atoms with E-state index in [0.29, 0.717) is 17.2 Å². The van der Waals surface area contributed by atoms with Crippen LogP contribution in [0, 0.1) is 0 Å². The van der Waals surface area contributed by atoms with Gasteiger partial charge in [0.25, 0.3) is 0 Å². The lowest BCUT2D eigenvalue weighted by atomic mass is 10.2. The molecule has 9 heteroatoms. The molecule has 0 unspecified atom stereocenters. The largest absolute Gasteiger partial charge is 0.433 e. The van der Waals surface area contributed by atoms with Crippen LogP contribution in [0.5, 0.6) is 0 Å². The van der Waals surface area contributed by atoms with Crippen LogP contribution in [0.15, 0.2) is 12.3 Å². The number of alkyl halides is 6. The lowest BCUT2D eigenvalue weighted by molar-refractivity contribution is -0.141. The molecule has 0 bridgehead atoms. The van der Waals surface area contributed by atoms with E-state index in [-0.39, 0.29) is 11.4 Å². The maximum Gasteiger partial charge on any atom is 0.433 e. The van der Waals surface area contributed by atoms with Crippen LogP contribution in [-0.2, 0) is 6.18 Å². The number of nitrogen functional groups attached to an aromatic ring is 1. The second kappa shape index (κ2) is 4.54. The van der Waals surface area contributed by atoms with Gasteiger partial charge in [0.15, 0.2) is 0 Å². The summed E-state index contributed by atoms with van der Waals surface area (Å²) in [7, 11) is 0.999. The average Bonchev–Trinajstić information content (AvgIpc) is 2.13. The number of hydrogen-bond donors (Lipinski definition) is 1. The van der Waals surface area contributed by atoms with Crippen molar-refractivity contribution in [2.75, 3.05) is 24.2 Å². The number of nitrogens with zero attached hydrogens (tertiary/aromatic N) is 2. The molecule has 0 aliphatic carbocycles. The SMILES string of the molecule is CN(CC(F)(F)F)c1cc(C(F)(F)F)ncc1N. The third kappa shape index (κ3) is 3.67. The topological polar surface area (TPSA) is 42.2 Å². The molecule has 0 radical (unpaired) electrons. The highest BCUT2D eigenvalue weighted by atomic mass is 19.4. The van der Waals surface area contributed by atoms with Gasteiger partial charge in [0, 0.05) is 7.05 Å². The molecule has 0 aliphatic heterocycles. The van der Waals surface area contributed by atoms with Crippen LogP contribution in [0.25, 0.3) is 0 Å². The van der Waals surface area contributed by atoms with Crippen molar-refractivity contribution in [3.05, 3.63) is 18.0 Å². The first-order chi connectivity index (χ1) is 8.00. The van der Waals surface area contributed by atoms with Gasteiger partial charge in [-0.3, -0.25) is 0 Å². The first-order valence-electron chi connectivity index (χ1n) is 4.61. The van der Waals surface area contributed by atoms with E-state index in [1.165, 1.54) is 0 Å². The lowest BCUT2D eigenvalue weighted by Crippen LogP contribution is -2.31. The Hall–Kier alpha value is -1.67. The summed E-state index contributed by atoms with van der Waals surface area (Å²) >= 11 is 0. The van der Waals surface area contributed by atoms with Gasteiger partial charge < -0.3 is 10.6 Å². The van der Waals surface area contributed by atoms with Gasteiger partial charge in [-0.2, -0.15) is 26.3 Å². The van der Waals surface area contributed by atoms with Gasteiger partial charge in [0.05, 0.1) is 17.6 Å². The van der Waals surface area contributed by atoms with Crippen LogP contribution < -0.4 is 10.6 Å². The minimum Gasteiger partial charge on any atom is -0.396 e. The summed E-state index contributed by atoms with van der Waals surface area (Å²) in [6.45, 7) is -1.40. The number of halogens is 6. The molecule has 1 heterocycles. The Balaban J connectivity index is 3.08. The molecule has 0 aromatic carbocycles. The van der Waals surface area contributed by atoms with E-state index in [1.54, 1.807) is 0 Å². The molecule has 0 spiro atoms. The number of aromatic nitrogens is 1. The molecule has 0 saturated carbocycles. The van der Waals surface area contributed by atoms with Crippen molar-refractivity contribution in [2.45, 2.75) is 12.4 Å². The van der Waals surface area contributed by atoms with Crippen molar-refractivity contribution >= 4 is 11.4 Å². The highest BCUT2D eigenvalue weighted by Crippen LogP contribution is 2.33. The highest BCUT2D eigenvalue weighted by Gasteiger charge is 2.34. The minimum absolute atomic E-state index is 0.255. The summed E-state index contributed by atoms with van der Waals surface area (Å²) in [4.78, 5) is 3.62. The van der Waals surface area contributed by atoms with Crippen molar-refractivity contribution in [3.63, 3.8) is 0 Å². The zero-order valence-corrected chi connectivity index (χ0v) is 9.10.